The highest BCUT2D eigenvalue weighted by molar-refractivity contribution is 6.11. The third kappa shape index (κ3) is 3.11. The summed E-state index contributed by atoms with van der Waals surface area (Å²) in [6.07, 6.45) is -2.21. The molecular formula is C24H21F3O. The van der Waals surface area contributed by atoms with E-state index in [1.165, 1.54) is 0 Å². The maximum Gasteiger partial charge on any atom is 0.399 e. The number of unbranched alkanes of at least 4 members (excludes halogenated alkanes) is 1. The summed E-state index contributed by atoms with van der Waals surface area (Å²) in [5, 5.41) is 1.94. The van der Waals surface area contributed by atoms with E-state index in [9.17, 15) is 18.0 Å². The summed E-state index contributed by atoms with van der Waals surface area (Å²) < 4.78 is 40.6. The number of fused-ring (bicyclic) bond motifs is 2. The fraction of sp³-hybridized carbons (Fsp3) is 0.292. The van der Waals surface area contributed by atoms with Gasteiger partial charge in [-0.15, -0.1) is 0 Å². The van der Waals surface area contributed by atoms with Gasteiger partial charge in [-0.3, -0.25) is 4.79 Å². The monoisotopic (exact) mass is 382 g/mol. The quantitative estimate of drug-likeness (QED) is 0.487. The van der Waals surface area contributed by atoms with Crippen molar-refractivity contribution in [2.24, 2.45) is 5.92 Å². The first-order valence-corrected chi connectivity index (χ1v) is 9.65. The van der Waals surface area contributed by atoms with Gasteiger partial charge in [0.2, 0.25) is 0 Å². The van der Waals surface area contributed by atoms with Crippen LogP contribution in [0.4, 0.5) is 13.2 Å². The van der Waals surface area contributed by atoms with Crippen LogP contribution < -0.4 is 0 Å². The molecule has 3 aromatic carbocycles. The maximum atomic E-state index is 13.5. The Bertz CT molecular complexity index is 1040. The van der Waals surface area contributed by atoms with Crippen molar-refractivity contribution in [2.75, 3.05) is 0 Å². The Morgan fingerprint density at radius 3 is 2.46 bits per heavy atom. The van der Waals surface area contributed by atoms with E-state index >= 15 is 0 Å². The van der Waals surface area contributed by atoms with Crippen molar-refractivity contribution in [1.82, 2.24) is 0 Å². The summed E-state index contributed by atoms with van der Waals surface area (Å²) in [4.78, 5) is 12.9. The molecule has 0 aromatic heterocycles. The van der Waals surface area contributed by atoms with Gasteiger partial charge in [0.15, 0.2) is 5.78 Å². The lowest BCUT2D eigenvalue weighted by Crippen LogP contribution is -2.28. The molecule has 0 fully saturated rings. The molecule has 0 N–H and O–H groups in total. The van der Waals surface area contributed by atoms with Crippen LogP contribution in [-0.2, 0) is 12.8 Å². The molecule has 4 heteroatoms. The molecule has 0 heterocycles. The van der Waals surface area contributed by atoms with Crippen LogP contribution in [0.3, 0.4) is 0 Å². The average Bonchev–Trinajstić information content (AvgIpc) is 3.04. The summed E-state index contributed by atoms with van der Waals surface area (Å²) in [6, 6.07) is 17.2. The first-order chi connectivity index (χ1) is 13.4. The Morgan fingerprint density at radius 2 is 1.71 bits per heavy atom. The van der Waals surface area contributed by atoms with Gasteiger partial charge in [-0.25, -0.2) is 0 Å². The van der Waals surface area contributed by atoms with E-state index in [1.807, 2.05) is 61.5 Å². The highest BCUT2D eigenvalue weighted by Gasteiger charge is 2.50. The van der Waals surface area contributed by atoms with E-state index in [1.54, 1.807) is 0 Å². The third-order valence-electron chi connectivity index (χ3n) is 5.66. The second-order valence-corrected chi connectivity index (χ2v) is 7.42. The number of alkyl halides is 3. The summed E-state index contributed by atoms with van der Waals surface area (Å²) in [6.45, 7) is 2.05. The lowest BCUT2D eigenvalue weighted by atomic mass is 9.89. The first-order valence-electron chi connectivity index (χ1n) is 9.65. The normalized spacial score (nSPS) is 16.6. The Labute approximate surface area is 162 Å². The molecule has 1 aliphatic carbocycles. The van der Waals surface area contributed by atoms with Crippen molar-refractivity contribution in [3.63, 3.8) is 0 Å². The van der Waals surface area contributed by atoms with Gasteiger partial charge in [0.05, 0.1) is 0 Å². The summed E-state index contributed by atoms with van der Waals surface area (Å²) in [7, 11) is 0. The topological polar surface area (TPSA) is 17.1 Å². The Balaban J connectivity index is 1.94. The number of benzene rings is 3. The van der Waals surface area contributed by atoms with Crippen LogP contribution in [0, 0.1) is 5.92 Å². The van der Waals surface area contributed by atoms with Gasteiger partial charge in [-0.2, -0.15) is 13.2 Å². The number of Topliss-reactive ketones (excluding diaryl/α,β-unsaturated/α-hetero) is 1. The van der Waals surface area contributed by atoms with Crippen LogP contribution in [0.15, 0.2) is 54.6 Å². The molecule has 1 unspecified atom stereocenters. The minimum atomic E-state index is -4.52. The number of ketones is 1. The van der Waals surface area contributed by atoms with Crippen molar-refractivity contribution in [1.29, 1.82) is 0 Å². The molecule has 0 bridgehead atoms. The molecule has 0 aliphatic heterocycles. The minimum Gasteiger partial charge on any atom is -0.293 e. The molecule has 1 aliphatic rings. The van der Waals surface area contributed by atoms with E-state index in [2.05, 4.69) is 0 Å². The van der Waals surface area contributed by atoms with E-state index in [4.69, 9.17) is 0 Å². The van der Waals surface area contributed by atoms with Gasteiger partial charge in [0.1, 0.15) is 5.92 Å². The van der Waals surface area contributed by atoms with Crippen molar-refractivity contribution in [3.8, 4) is 11.1 Å². The van der Waals surface area contributed by atoms with Crippen LogP contribution in [0.5, 0.6) is 0 Å². The highest BCUT2D eigenvalue weighted by Crippen LogP contribution is 2.44. The smallest absolute Gasteiger partial charge is 0.293 e. The molecule has 0 saturated carbocycles. The number of aryl methyl sites for hydroxylation is 1. The van der Waals surface area contributed by atoms with Gasteiger partial charge in [-0.1, -0.05) is 67.9 Å². The molecular weight excluding hydrogens is 361 g/mol. The van der Waals surface area contributed by atoms with Gasteiger partial charge >= 0.3 is 6.18 Å². The number of halogens is 3. The van der Waals surface area contributed by atoms with E-state index in [0.29, 0.717) is 17.5 Å². The van der Waals surface area contributed by atoms with Crippen LogP contribution >= 0.6 is 0 Å². The lowest BCUT2D eigenvalue weighted by Gasteiger charge is -2.14. The van der Waals surface area contributed by atoms with Crippen LogP contribution in [0.2, 0.25) is 0 Å². The Hall–Kier alpha value is -2.62. The number of hydrogen-bond donors (Lipinski definition) is 0. The molecule has 0 saturated heterocycles. The Morgan fingerprint density at radius 1 is 0.964 bits per heavy atom. The van der Waals surface area contributed by atoms with E-state index in [-0.39, 0.29) is 12.0 Å². The van der Waals surface area contributed by atoms with Crippen molar-refractivity contribution in [3.05, 3.63) is 71.3 Å². The Kier molecular flexibility index (Phi) is 4.74. The number of carbonyl (C=O) groups is 1. The molecule has 4 rings (SSSR count). The first kappa shape index (κ1) is 18.7. The second-order valence-electron chi connectivity index (χ2n) is 7.42. The third-order valence-corrected chi connectivity index (χ3v) is 5.66. The molecule has 144 valence electrons. The summed E-state index contributed by atoms with van der Waals surface area (Å²) >= 11 is 0. The number of hydrogen-bond acceptors (Lipinski definition) is 1. The molecule has 1 atom stereocenters. The van der Waals surface area contributed by atoms with Crippen LogP contribution in [0.25, 0.3) is 21.9 Å². The predicted octanol–water partition coefficient (Wildman–Crippen LogP) is 6.77. The molecule has 28 heavy (non-hydrogen) atoms. The van der Waals surface area contributed by atoms with E-state index < -0.39 is 17.9 Å². The molecule has 0 radical (unpaired) electrons. The summed E-state index contributed by atoms with van der Waals surface area (Å²) in [5.41, 5.74) is 3.16. The number of rotatable bonds is 4. The zero-order chi connectivity index (χ0) is 19.9. The fourth-order valence-electron chi connectivity index (χ4n) is 4.23. The van der Waals surface area contributed by atoms with Crippen LogP contribution in [-0.4, -0.2) is 12.0 Å². The zero-order valence-electron chi connectivity index (χ0n) is 15.6. The lowest BCUT2D eigenvalue weighted by molar-refractivity contribution is -0.158. The molecule has 0 amide bonds. The summed E-state index contributed by atoms with van der Waals surface area (Å²) in [5.74, 6) is -2.72. The largest absolute Gasteiger partial charge is 0.399 e. The fourth-order valence-corrected chi connectivity index (χ4v) is 4.23. The van der Waals surface area contributed by atoms with Gasteiger partial charge in [-0.05, 0) is 52.3 Å². The molecule has 1 nitrogen and oxygen atoms in total. The van der Waals surface area contributed by atoms with Crippen LogP contribution in [0.1, 0.15) is 41.3 Å². The van der Waals surface area contributed by atoms with Gasteiger partial charge in [0.25, 0.3) is 0 Å². The van der Waals surface area contributed by atoms with Crippen molar-refractivity contribution in [2.45, 2.75) is 38.8 Å². The van der Waals surface area contributed by atoms with Gasteiger partial charge < -0.3 is 0 Å². The van der Waals surface area contributed by atoms with Gasteiger partial charge in [0, 0.05) is 5.56 Å². The molecule has 0 spiro atoms. The maximum absolute atomic E-state index is 13.5. The van der Waals surface area contributed by atoms with Crippen molar-refractivity contribution >= 4 is 16.6 Å². The second kappa shape index (κ2) is 7.08. The number of carbonyl (C=O) groups excluding carboxylic acids is 1. The average molecular weight is 382 g/mol. The standard InChI is InChI=1S/C24H21F3O/c1-2-3-7-16-12-13-19(18-11-6-9-15-8-4-5-10-17(15)18)22-20(16)14-21(23(22)28)24(25,26)27/h4-6,8-13,21H,2-3,7,14H2,1H3. The minimum absolute atomic E-state index is 0.241. The zero-order valence-corrected chi connectivity index (χ0v) is 15.6. The molecule has 3 aromatic rings. The predicted molar refractivity (Wildman–Crippen MR) is 106 cm³/mol. The SMILES string of the molecule is CCCCc1ccc(-c2cccc3ccccc23)c2c1CC(C(F)(F)F)C2=O. The highest BCUT2D eigenvalue weighted by atomic mass is 19.4. The van der Waals surface area contributed by atoms with E-state index in [0.717, 1.165) is 34.7 Å². The van der Waals surface area contributed by atoms with Crippen molar-refractivity contribution < 1.29 is 18.0 Å².